The van der Waals surface area contributed by atoms with Crippen molar-refractivity contribution in [3.8, 4) is 0 Å². The summed E-state index contributed by atoms with van der Waals surface area (Å²) in [6.07, 6.45) is 0. The first-order chi connectivity index (χ1) is 13.7. The minimum Gasteiger partial charge on any atom is -0.352 e. The Morgan fingerprint density at radius 2 is 1.62 bits per heavy atom. The number of nitrogens with zero attached hydrogens (tertiary/aromatic N) is 1. The molecule has 0 spiro atoms. The summed E-state index contributed by atoms with van der Waals surface area (Å²) in [5.41, 5.74) is 1.64. The molecule has 2 rings (SSSR count). The third kappa shape index (κ3) is 7.43. The number of hydrogen-bond donors (Lipinski definition) is 3. The number of guanidine groups is 1. The van der Waals surface area contributed by atoms with Crippen molar-refractivity contribution in [2.45, 2.75) is 38.7 Å². The third-order valence-corrected chi connectivity index (χ3v) is 5.52. The molecule has 29 heavy (non-hydrogen) atoms. The highest BCUT2D eigenvalue weighted by Gasteiger charge is 2.15. The van der Waals surface area contributed by atoms with Gasteiger partial charge in [0.1, 0.15) is 11.6 Å². The van der Waals surface area contributed by atoms with E-state index in [-0.39, 0.29) is 23.9 Å². The zero-order valence-corrected chi connectivity index (χ0v) is 17.5. The van der Waals surface area contributed by atoms with Crippen molar-refractivity contribution in [3.63, 3.8) is 0 Å². The van der Waals surface area contributed by atoms with Gasteiger partial charge < -0.3 is 10.6 Å². The molecule has 0 aliphatic rings. The molecule has 0 aliphatic heterocycles. The summed E-state index contributed by atoms with van der Waals surface area (Å²) in [7, 11) is -1.90. The maximum atomic E-state index is 13.7. The van der Waals surface area contributed by atoms with E-state index >= 15 is 0 Å². The smallest absolute Gasteiger partial charge is 0.216 e. The van der Waals surface area contributed by atoms with Crippen LogP contribution < -0.4 is 15.4 Å². The van der Waals surface area contributed by atoms with E-state index in [9.17, 15) is 17.2 Å². The number of aliphatic imine (C=N–C) groups is 1. The van der Waals surface area contributed by atoms with Gasteiger partial charge in [-0.1, -0.05) is 24.3 Å². The molecule has 0 aromatic heterocycles. The minimum absolute atomic E-state index is 0.0532. The van der Waals surface area contributed by atoms with Crippen LogP contribution in [0.4, 0.5) is 8.78 Å². The molecule has 0 unspecified atom stereocenters. The highest BCUT2D eigenvalue weighted by atomic mass is 32.2. The summed E-state index contributed by atoms with van der Waals surface area (Å²) in [5.74, 6) is -0.783. The average Bonchev–Trinajstić information content (AvgIpc) is 2.64. The number of rotatable bonds is 8. The molecule has 6 nitrogen and oxygen atoms in total. The summed E-state index contributed by atoms with van der Waals surface area (Å²) in [4.78, 5) is 4.06. The fourth-order valence-electron chi connectivity index (χ4n) is 2.73. The van der Waals surface area contributed by atoms with E-state index in [1.54, 1.807) is 33.0 Å². The van der Waals surface area contributed by atoms with Crippen LogP contribution in [0.2, 0.25) is 0 Å². The van der Waals surface area contributed by atoms with E-state index < -0.39 is 21.7 Å². The molecule has 0 saturated heterocycles. The molecule has 0 bridgehead atoms. The zero-order valence-electron chi connectivity index (χ0n) is 16.7. The van der Waals surface area contributed by atoms with Crippen molar-refractivity contribution in [2.75, 3.05) is 7.05 Å². The average molecular weight is 425 g/mol. The minimum atomic E-state index is -3.46. The Labute approximate surface area is 170 Å². The Morgan fingerprint density at radius 3 is 2.24 bits per heavy atom. The van der Waals surface area contributed by atoms with Gasteiger partial charge in [0.25, 0.3) is 0 Å². The Morgan fingerprint density at radius 1 is 1.00 bits per heavy atom. The summed E-state index contributed by atoms with van der Waals surface area (Å²) >= 11 is 0. The van der Waals surface area contributed by atoms with Crippen molar-refractivity contribution >= 4 is 16.0 Å². The predicted octanol–water partition coefficient (Wildman–Crippen LogP) is 2.66. The first-order valence-electron chi connectivity index (χ1n) is 9.15. The maximum Gasteiger partial charge on any atom is 0.216 e. The molecular weight excluding hydrogens is 398 g/mol. The molecule has 158 valence electrons. The molecular formula is C20H26F2N4O2S. The monoisotopic (exact) mass is 424 g/mol. The highest BCUT2D eigenvalue weighted by molar-refractivity contribution is 7.88. The molecule has 2 aromatic carbocycles. The Kier molecular flexibility index (Phi) is 8.10. The van der Waals surface area contributed by atoms with Crippen molar-refractivity contribution in [2.24, 2.45) is 4.99 Å². The second-order valence-corrected chi connectivity index (χ2v) is 8.57. The molecule has 0 amide bonds. The molecule has 0 atom stereocenters. The van der Waals surface area contributed by atoms with Crippen LogP contribution in [-0.4, -0.2) is 27.5 Å². The molecule has 0 saturated carbocycles. The van der Waals surface area contributed by atoms with Crippen molar-refractivity contribution < 1.29 is 17.2 Å². The van der Waals surface area contributed by atoms with Gasteiger partial charge in [-0.15, -0.1) is 0 Å². The van der Waals surface area contributed by atoms with Crippen molar-refractivity contribution in [3.05, 3.63) is 70.8 Å². The van der Waals surface area contributed by atoms with Crippen LogP contribution in [0.1, 0.15) is 30.5 Å². The quantitative estimate of drug-likeness (QED) is 0.450. The molecule has 3 N–H and O–H groups in total. The topological polar surface area (TPSA) is 82.6 Å². The van der Waals surface area contributed by atoms with Gasteiger partial charge in [-0.3, -0.25) is 4.99 Å². The first kappa shape index (κ1) is 22.8. The van der Waals surface area contributed by atoms with Gasteiger partial charge in [-0.2, -0.15) is 0 Å². The largest absolute Gasteiger partial charge is 0.352 e. The zero-order chi connectivity index (χ0) is 21.4. The normalized spacial score (nSPS) is 12.3. The lowest BCUT2D eigenvalue weighted by molar-refractivity contribution is 0.568. The van der Waals surface area contributed by atoms with E-state index in [2.05, 4.69) is 20.3 Å². The van der Waals surface area contributed by atoms with Crippen molar-refractivity contribution in [1.29, 1.82) is 0 Å². The fourth-order valence-corrected chi connectivity index (χ4v) is 4.23. The van der Waals surface area contributed by atoms with E-state index in [4.69, 9.17) is 0 Å². The lowest BCUT2D eigenvalue weighted by Gasteiger charge is -2.15. The highest BCUT2D eigenvalue weighted by Crippen LogP contribution is 2.13. The van der Waals surface area contributed by atoms with Crippen LogP contribution in [0.25, 0.3) is 0 Å². The van der Waals surface area contributed by atoms with E-state index in [0.29, 0.717) is 18.1 Å². The Bertz CT molecular complexity index is 963. The van der Waals surface area contributed by atoms with E-state index in [1.165, 1.54) is 0 Å². The molecule has 2 aromatic rings. The van der Waals surface area contributed by atoms with Gasteiger partial charge in [-0.25, -0.2) is 21.9 Å². The summed E-state index contributed by atoms with van der Waals surface area (Å²) in [5, 5.41) is 5.98. The maximum absolute atomic E-state index is 13.7. The number of halogens is 2. The molecule has 0 radical (unpaired) electrons. The van der Waals surface area contributed by atoms with E-state index in [0.717, 1.165) is 23.8 Å². The molecule has 0 heterocycles. The lowest BCUT2D eigenvalue weighted by Crippen LogP contribution is -2.37. The Balaban J connectivity index is 2.02. The summed E-state index contributed by atoms with van der Waals surface area (Å²) in [6, 6.07) is 10.3. The summed E-state index contributed by atoms with van der Waals surface area (Å²) in [6.45, 7) is 3.90. The van der Waals surface area contributed by atoms with E-state index in [1.807, 2.05) is 12.1 Å². The molecule has 9 heteroatoms. The Hall–Kier alpha value is -2.52. The third-order valence-electron chi connectivity index (χ3n) is 4.00. The van der Waals surface area contributed by atoms with Gasteiger partial charge in [0.15, 0.2) is 5.96 Å². The van der Waals surface area contributed by atoms with Crippen LogP contribution in [0.15, 0.2) is 47.5 Å². The summed E-state index contributed by atoms with van der Waals surface area (Å²) < 4.78 is 54.1. The number of nitrogens with one attached hydrogen (secondary N) is 3. The van der Waals surface area contributed by atoms with Gasteiger partial charge >= 0.3 is 0 Å². The van der Waals surface area contributed by atoms with Gasteiger partial charge in [0.2, 0.25) is 10.0 Å². The number of benzene rings is 2. The van der Waals surface area contributed by atoms with Crippen LogP contribution in [-0.2, 0) is 28.9 Å². The second kappa shape index (κ2) is 10.3. The molecule has 0 aliphatic carbocycles. The first-order valence-corrected chi connectivity index (χ1v) is 10.8. The van der Waals surface area contributed by atoms with Crippen LogP contribution in [0.5, 0.6) is 0 Å². The van der Waals surface area contributed by atoms with Gasteiger partial charge in [-0.05, 0) is 43.2 Å². The van der Waals surface area contributed by atoms with Gasteiger partial charge in [0.05, 0.1) is 5.75 Å². The SMILES string of the molecule is CN=C(NCc1cc(F)ccc1F)NCc1ccccc1CS(=O)(=O)NC(C)C. The molecule has 0 fully saturated rings. The number of hydrogen-bond acceptors (Lipinski definition) is 3. The predicted molar refractivity (Wildman–Crippen MR) is 111 cm³/mol. The van der Waals surface area contributed by atoms with Crippen LogP contribution in [0, 0.1) is 11.6 Å². The standard InChI is InChI=1S/C20H26F2N4O2S/c1-14(2)26-29(27,28)13-16-7-5-4-6-15(16)11-24-20(23-3)25-12-17-10-18(21)8-9-19(17)22/h4-10,14,26H,11-13H2,1-3H3,(H2,23,24,25). The second-order valence-electron chi connectivity index (χ2n) is 6.82. The van der Waals surface area contributed by atoms with Crippen LogP contribution >= 0.6 is 0 Å². The van der Waals surface area contributed by atoms with Gasteiger partial charge in [0, 0.05) is 31.7 Å². The lowest BCUT2D eigenvalue weighted by atomic mass is 10.1. The number of sulfonamides is 1. The van der Waals surface area contributed by atoms with Crippen LogP contribution in [0.3, 0.4) is 0 Å². The fraction of sp³-hybridized carbons (Fsp3) is 0.350. The van der Waals surface area contributed by atoms with Crippen molar-refractivity contribution in [1.82, 2.24) is 15.4 Å².